The van der Waals surface area contributed by atoms with Gasteiger partial charge >= 0.3 is 5.97 Å². The lowest BCUT2D eigenvalue weighted by Crippen LogP contribution is -2.27. The van der Waals surface area contributed by atoms with E-state index in [1.807, 2.05) is 47.9 Å². The molecule has 172 valence electrons. The third kappa shape index (κ3) is 4.30. The Balaban J connectivity index is 1.56. The monoisotopic (exact) mass is 484 g/mol. The van der Waals surface area contributed by atoms with E-state index >= 15 is 0 Å². The predicted octanol–water partition coefficient (Wildman–Crippen LogP) is 3.51. The lowest BCUT2D eigenvalue weighted by molar-refractivity contribution is -0.140. The molecule has 2 atom stereocenters. The van der Waals surface area contributed by atoms with E-state index in [-0.39, 0.29) is 22.2 Å². The number of para-hydroxylation sites is 1. The first kappa shape index (κ1) is 22.1. The predicted molar refractivity (Wildman–Crippen MR) is 125 cm³/mol. The minimum Gasteiger partial charge on any atom is -0.462 e. The fourth-order valence-electron chi connectivity index (χ4n) is 4.16. The van der Waals surface area contributed by atoms with Crippen LogP contribution in [0.25, 0.3) is 17.1 Å². The average Bonchev–Trinajstić information content (AvgIpc) is 3.56. The van der Waals surface area contributed by atoms with E-state index < -0.39 is 10.0 Å². The van der Waals surface area contributed by atoms with E-state index in [0.29, 0.717) is 36.1 Å². The van der Waals surface area contributed by atoms with E-state index in [4.69, 9.17) is 4.74 Å². The van der Waals surface area contributed by atoms with Gasteiger partial charge in [-0.3, -0.25) is 9.36 Å². The highest BCUT2D eigenvalue weighted by Gasteiger charge is 2.35. The van der Waals surface area contributed by atoms with Crippen LogP contribution in [0.15, 0.2) is 64.6 Å². The number of esters is 1. The molecule has 2 aromatic carbocycles. The van der Waals surface area contributed by atoms with Crippen LogP contribution in [-0.2, 0) is 19.6 Å². The molecule has 5 rings (SSSR count). The fourth-order valence-corrected chi connectivity index (χ4v) is 6.88. The van der Waals surface area contributed by atoms with Gasteiger partial charge in [-0.15, -0.1) is 10.2 Å². The molecule has 0 radical (unpaired) electrons. The molecule has 3 aromatic rings. The summed E-state index contributed by atoms with van der Waals surface area (Å²) in [7, 11) is -3.56. The maximum absolute atomic E-state index is 13.1. The second kappa shape index (κ2) is 8.92. The normalized spacial score (nSPS) is 21.4. The Kier molecular flexibility index (Phi) is 5.98. The number of hydrogen-bond donors (Lipinski definition) is 0. The van der Waals surface area contributed by atoms with Crippen LogP contribution in [-0.4, -0.2) is 57.9 Å². The Morgan fingerprint density at radius 2 is 1.79 bits per heavy atom. The number of ether oxygens (including phenoxy) is 1. The number of carbonyl (C=O) groups is 1. The molecule has 1 aromatic heterocycles. The minimum absolute atomic E-state index is 0.130. The van der Waals surface area contributed by atoms with Gasteiger partial charge in [-0.2, -0.15) is 4.31 Å². The van der Waals surface area contributed by atoms with Gasteiger partial charge in [-0.1, -0.05) is 42.1 Å². The van der Waals surface area contributed by atoms with Crippen LogP contribution in [0.1, 0.15) is 26.2 Å². The molecule has 2 fully saturated rings. The van der Waals surface area contributed by atoms with Crippen LogP contribution >= 0.6 is 11.8 Å². The van der Waals surface area contributed by atoms with E-state index in [0.717, 1.165) is 18.5 Å². The summed E-state index contributed by atoms with van der Waals surface area (Å²) in [6.07, 6.45) is 2.23. The molecule has 2 saturated heterocycles. The quantitative estimate of drug-likeness (QED) is 0.494. The maximum atomic E-state index is 13.1. The number of rotatable bonds is 6. The molecule has 0 bridgehead atoms. The molecule has 10 heteroatoms. The Hall–Kier alpha value is -2.69. The molecule has 2 unspecified atom stereocenters. The van der Waals surface area contributed by atoms with Gasteiger partial charge in [0.05, 0.1) is 4.90 Å². The van der Waals surface area contributed by atoms with Crippen molar-refractivity contribution < 1.29 is 17.9 Å². The molecule has 33 heavy (non-hydrogen) atoms. The highest BCUT2D eigenvalue weighted by atomic mass is 32.2. The van der Waals surface area contributed by atoms with Crippen molar-refractivity contribution in [2.75, 3.05) is 13.1 Å². The first-order valence-corrected chi connectivity index (χ1v) is 13.2. The minimum atomic E-state index is -3.56. The van der Waals surface area contributed by atoms with Gasteiger partial charge in [-0.25, -0.2) is 8.42 Å². The van der Waals surface area contributed by atoms with Crippen LogP contribution in [0, 0.1) is 0 Å². The molecule has 0 saturated carbocycles. The third-order valence-corrected chi connectivity index (χ3v) is 8.86. The zero-order valence-electron chi connectivity index (χ0n) is 18.1. The molecule has 0 amide bonds. The molecule has 2 aliphatic heterocycles. The first-order valence-electron chi connectivity index (χ1n) is 10.9. The number of cyclic esters (lactones) is 1. The van der Waals surface area contributed by atoms with Crippen LogP contribution < -0.4 is 0 Å². The second-order valence-electron chi connectivity index (χ2n) is 8.21. The van der Waals surface area contributed by atoms with Crippen molar-refractivity contribution in [1.82, 2.24) is 19.1 Å². The Morgan fingerprint density at radius 3 is 2.48 bits per heavy atom. The van der Waals surface area contributed by atoms with Crippen molar-refractivity contribution in [3.05, 3.63) is 54.6 Å². The third-order valence-electron chi connectivity index (χ3n) is 5.82. The standard InChI is InChI=1S/C23H24N4O4S2/c1-16-14-20(22(28)31-16)32-23-25-24-21(27(23)18-9-3-2-4-10-18)17-8-7-11-19(15-17)33(29,30)26-12-5-6-13-26/h2-4,7-11,15-16,20H,5-6,12-14H2,1H3. The maximum Gasteiger partial charge on any atom is 0.319 e. The van der Waals surface area contributed by atoms with Gasteiger partial charge < -0.3 is 4.74 Å². The molecular weight excluding hydrogens is 460 g/mol. The number of nitrogens with zero attached hydrogens (tertiary/aromatic N) is 4. The van der Waals surface area contributed by atoms with Crippen molar-refractivity contribution in [2.45, 2.75) is 47.6 Å². The zero-order valence-corrected chi connectivity index (χ0v) is 19.8. The SMILES string of the molecule is CC1CC(Sc2nnc(-c3cccc(S(=O)(=O)N4CCCC4)c3)n2-c2ccccc2)C(=O)O1. The Bertz CT molecular complexity index is 1270. The van der Waals surface area contributed by atoms with E-state index in [1.165, 1.54) is 16.1 Å². The second-order valence-corrected chi connectivity index (χ2v) is 11.3. The summed E-state index contributed by atoms with van der Waals surface area (Å²) in [5.74, 6) is 0.261. The van der Waals surface area contributed by atoms with Crippen molar-refractivity contribution in [3.8, 4) is 17.1 Å². The molecule has 0 aliphatic carbocycles. The van der Waals surface area contributed by atoms with E-state index in [9.17, 15) is 13.2 Å². The number of aromatic nitrogens is 3. The largest absolute Gasteiger partial charge is 0.462 e. The topological polar surface area (TPSA) is 94.4 Å². The number of thioether (sulfide) groups is 1. The molecule has 0 N–H and O–H groups in total. The summed E-state index contributed by atoms with van der Waals surface area (Å²) < 4.78 is 34.9. The van der Waals surface area contributed by atoms with Gasteiger partial charge in [0.25, 0.3) is 0 Å². The summed E-state index contributed by atoms with van der Waals surface area (Å²) in [6, 6.07) is 16.4. The van der Waals surface area contributed by atoms with Crippen molar-refractivity contribution in [2.24, 2.45) is 0 Å². The summed E-state index contributed by atoms with van der Waals surface area (Å²) in [5, 5.41) is 8.97. The van der Waals surface area contributed by atoms with Crippen molar-refractivity contribution in [3.63, 3.8) is 0 Å². The number of benzene rings is 2. The number of carbonyl (C=O) groups excluding carboxylic acids is 1. The Morgan fingerprint density at radius 1 is 1.03 bits per heavy atom. The molecule has 8 nitrogen and oxygen atoms in total. The van der Waals surface area contributed by atoms with Crippen LogP contribution in [0.5, 0.6) is 0 Å². The molecule has 2 aliphatic rings. The fraction of sp³-hybridized carbons (Fsp3) is 0.348. The summed E-state index contributed by atoms with van der Waals surface area (Å²) in [5.41, 5.74) is 1.47. The van der Waals surface area contributed by atoms with E-state index in [2.05, 4.69) is 10.2 Å². The van der Waals surface area contributed by atoms with Crippen LogP contribution in [0.2, 0.25) is 0 Å². The average molecular weight is 485 g/mol. The van der Waals surface area contributed by atoms with Crippen molar-refractivity contribution in [1.29, 1.82) is 0 Å². The van der Waals surface area contributed by atoms with Gasteiger partial charge in [0.15, 0.2) is 11.0 Å². The summed E-state index contributed by atoms with van der Waals surface area (Å²) in [4.78, 5) is 12.5. The lowest BCUT2D eigenvalue weighted by atomic mass is 10.2. The van der Waals surface area contributed by atoms with E-state index in [1.54, 1.807) is 18.2 Å². The van der Waals surface area contributed by atoms with Crippen molar-refractivity contribution >= 4 is 27.8 Å². The highest BCUT2D eigenvalue weighted by Crippen LogP contribution is 2.35. The molecule has 0 spiro atoms. The zero-order chi connectivity index (χ0) is 23.0. The van der Waals surface area contributed by atoms with Crippen LogP contribution in [0.3, 0.4) is 0 Å². The number of sulfonamides is 1. The van der Waals surface area contributed by atoms with Gasteiger partial charge in [-0.05, 0) is 44.0 Å². The molecule has 3 heterocycles. The van der Waals surface area contributed by atoms with Gasteiger partial charge in [0.1, 0.15) is 11.4 Å². The van der Waals surface area contributed by atoms with Gasteiger partial charge in [0, 0.05) is 30.8 Å². The summed E-state index contributed by atoms with van der Waals surface area (Å²) >= 11 is 1.32. The highest BCUT2D eigenvalue weighted by molar-refractivity contribution is 8.00. The number of hydrogen-bond acceptors (Lipinski definition) is 7. The lowest BCUT2D eigenvalue weighted by Gasteiger charge is -2.16. The smallest absolute Gasteiger partial charge is 0.319 e. The Labute approximate surface area is 197 Å². The van der Waals surface area contributed by atoms with Crippen LogP contribution in [0.4, 0.5) is 0 Å². The molecular formula is C23H24N4O4S2. The first-order chi connectivity index (χ1) is 15.9. The summed E-state index contributed by atoms with van der Waals surface area (Å²) in [6.45, 7) is 2.96. The van der Waals surface area contributed by atoms with Gasteiger partial charge in [0.2, 0.25) is 10.0 Å².